The molecule has 0 aromatic rings. The molecule has 188 valence electrons. The Labute approximate surface area is 189 Å². The Morgan fingerprint density at radius 2 is 1.73 bits per heavy atom. The summed E-state index contributed by atoms with van der Waals surface area (Å²) in [6.45, 7) is 1.98. The van der Waals surface area contributed by atoms with E-state index in [9.17, 15) is 34.8 Å². The molecule has 0 saturated carbocycles. The summed E-state index contributed by atoms with van der Waals surface area (Å²) >= 11 is 0. The molecule has 2 aliphatic rings. The van der Waals surface area contributed by atoms with Gasteiger partial charge in [-0.3, -0.25) is 9.59 Å². The Morgan fingerprint density at radius 1 is 1.06 bits per heavy atom. The van der Waals surface area contributed by atoms with E-state index in [1.165, 1.54) is 13.8 Å². The van der Waals surface area contributed by atoms with E-state index in [1.54, 1.807) is 0 Å². The smallest absolute Gasteiger partial charge is 0.337 e. The largest absolute Gasteiger partial charge is 0.471 e. The molecule has 13 heteroatoms. The summed E-state index contributed by atoms with van der Waals surface area (Å²) in [5.41, 5.74) is -0.0412. The molecule has 0 amide bonds. The van der Waals surface area contributed by atoms with Gasteiger partial charge in [-0.05, 0) is 6.92 Å². The van der Waals surface area contributed by atoms with Crippen molar-refractivity contribution in [2.75, 3.05) is 20.8 Å². The normalized spacial score (nSPS) is 35.0. The molecule has 2 rings (SSSR count). The van der Waals surface area contributed by atoms with Gasteiger partial charge in [-0.25, -0.2) is 4.79 Å². The summed E-state index contributed by atoms with van der Waals surface area (Å²) in [5, 5.41) is 39.7. The first-order valence-electron chi connectivity index (χ1n) is 10.2. The van der Waals surface area contributed by atoms with Gasteiger partial charge < -0.3 is 48.8 Å². The zero-order chi connectivity index (χ0) is 24.9. The minimum Gasteiger partial charge on any atom is -0.471 e. The predicted octanol–water partition coefficient (Wildman–Crippen LogP) is -2.04. The standard InChI is InChI=1S/C20H30O13/c1-8(31-9(2)22)14-10(5-13(23)28-3)11(18(27)29-4)7-30-19(14)33-20-17(26)16(25)15(24)12(6-21)32-20/h7-8,10,12,14-17,19-21,24-26H,5-6H2,1-4H3/t8?,10-,12-,14-,15-,16+,17-,19?,20+/m1/s1. The number of hydrogen-bond acceptors (Lipinski definition) is 13. The highest BCUT2D eigenvalue weighted by atomic mass is 16.8. The molecule has 1 fully saturated rings. The van der Waals surface area contributed by atoms with Gasteiger partial charge in [0.15, 0.2) is 6.29 Å². The van der Waals surface area contributed by atoms with Crippen LogP contribution in [0.15, 0.2) is 11.8 Å². The fraction of sp³-hybridized carbons (Fsp3) is 0.750. The maximum absolute atomic E-state index is 12.3. The van der Waals surface area contributed by atoms with E-state index in [0.29, 0.717) is 0 Å². The quantitative estimate of drug-likeness (QED) is 0.221. The van der Waals surface area contributed by atoms with Crippen LogP contribution in [0.25, 0.3) is 0 Å². The molecule has 0 spiro atoms. The molecular weight excluding hydrogens is 448 g/mol. The van der Waals surface area contributed by atoms with Crippen molar-refractivity contribution < 1.29 is 63.2 Å². The lowest BCUT2D eigenvalue weighted by atomic mass is 9.78. The first-order chi connectivity index (χ1) is 15.5. The third-order valence-corrected chi connectivity index (χ3v) is 5.55. The zero-order valence-electron chi connectivity index (χ0n) is 18.7. The first-order valence-corrected chi connectivity index (χ1v) is 10.2. The molecule has 1 saturated heterocycles. The Morgan fingerprint density at radius 3 is 2.27 bits per heavy atom. The van der Waals surface area contributed by atoms with Crippen LogP contribution in [-0.2, 0) is 42.8 Å². The fourth-order valence-electron chi connectivity index (χ4n) is 3.87. The third-order valence-electron chi connectivity index (χ3n) is 5.55. The Bertz CT molecular complexity index is 735. The van der Waals surface area contributed by atoms with E-state index in [-0.39, 0.29) is 12.0 Å². The van der Waals surface area contributed by atoms with Crippen LogP contribution >= 0.6 is 0 Å². The molecular formula is C20H30O13. The molecule has 0 aromatic heterocycles. The highest BCUT2D eigenvalue weighted by Gasteiger charge is 2.50. The van der Waals surface area contributed by atoms with Gasteiger partial charge in [0, 0.05) is 12.8 Å². The molecule has 0 bridgehead atoms. The number of hydrogen-bond donors (Lipinski definition) is 4. The van der Waals surface area contributed by atoms with E-state index >= 15 is 0 Å². The molecule has 2 aliphatic heterocycles. The van der Waals surface area contributed by atoms with Crippen LogP contribution in [0.3, 0.4) is 0 Å². The van der Waals surface area contributed by atoms with Crippen LogP contribution in [0.5, 0.6) is 0 Å². The number of aliphatic hydroxyl groups excluding tert-OH is 4. The van der Waals surface area contributed by atoms with Gasteiger partial charge in [0.2, 0.25) is 6.29 Å². The second-order valence-corrected chi connectivity index (χ2v) is 7.68. The summed E-state index contributed by atoms with van der Waals surface area (Å²) in [6.07, 6.45) is -9.51. The average molecular weight is 478 g/mol. The maximum atomic E-state index is 12.3. The van der Waals surface area contributed by atoms with Crippen molar-refractivity contribution in [2.45, 2.75) is 63.4 Å². The van der Waals surface area contributed by atoms with Crippen LogP contribution in [-0.4, -0.2) is 102 Å². The van der Waals surface area contributed by atoms with Gasteiger partial charge in [-0.15, -0.1) is 0 Å². The maximum Gasteiger partial charge on any atom is 0.337 e. The Balaban J connectivity index is 2.41. The van der Waals surface area contributed by atoms with E-state index in [0.717, 1.165) is 20.5 Å². The average Bonchev–Trinajstić information content (AvgIpc) is 2.78. The summed E-state index contributed by atoms with van der Waals surface area (Å²) in [6, 6.07) is 0. The lowest BCUT2D eigenvalue weighted by Crippen LogP contribution is -2.60. The van der Waals surface area contributed by atoms with Crippen molar-refractivity contribution in [1.82, 2.24) is 0 Å². The van der Waals surface area contributed by atoms with Crippen LogP contribution in [0.2, 0.25) is 0 Å². The number of carbonyl (C=O) groups is 3. The molecule has 0 aliphatic carbocycles. The van der Waals surface area contributed by atoms with E-state index < -0.39 is 79.5 Å². The van der Waals surface area contributed by atoms with Gasteiger partial charge in [0.05, 0.1) is 45.0 Å². The van der Waals surface area contributed by atoms with E-state index in [2.05, 4.69) is 0 Å². The molecule has 9 atom stereocenters. The molecule has 2 heterocycles. The number of aliphatic hydroxyl groups is 4. The molecule has 2 unspecified atom stereocenters. The SMILES string of the molecule is COC(=O)C[C@@H]1C(C(=O)OC)=COC(O[C@@H]2O[C@H](CO)[C@@H](O)[C@H](O)[C@H]2O)[C@@H]1C(C)OC(C)=O. The van der Waals surface area contributed by atoms with Gasteiger partial charge >= 0.3 is 17.9 Å². The lowest BCUT2D eigenvalue weighted by molar-refractivity contribution is -0.345. The highest BCUT2D eigenvalue weighted by molar-refractivity contribution is 5.90. The first kappa shape index (κ1) is 27.0. The number of carbonyl (C=O) groups excluding carboxylic acids is 3. The zero-order valence-corrected chi connectivity index (χ0v) is 18.7. The predicted molar refractivity (Wildman–Crippen MR) is 105 cm³/mol. The van der Waals surface area contributed by atoms with Crippen molar-refractivity contribution in [3.8, 4) is 0 Å². The fourth-order valence-corrected chi connectivity index (χ4v) is 3.87. The number of methoxy groups -OCH3 is 2. The second-order valence-electron chi connectivity index (χ2n) is 7.68. The third kappa shape index (κ3) is 6.19. The summed E-state index contributed by atoms with van der Waals surface area (Å²) in [7, 11) is 2.30. The van der Waals surface area contributed by atoms with Crippen molar-refractivity contribution in [2.24, 2.45) is 11.8 Å². The van der Waals surface area contributed by atoms with Crippen molar-refractivity contribution in [3.63, 3.8) is 0 Å². The Kier molecular flexibility index (Phi) is 9.57. The van der Waals surface area contributed by atoms with Crippen LogP contribution in [0.4, 0.5) is 0 Å². The molecule has 33 heavy (non-hydrogen) atoms. The van der Waals surface area contributed by atoms with E-state index in [4.69, 9.17) is 28.4 Å². The molecule has 4 N–H and O–H groups in total. The van der Waals surface area contributed by atoms with Crippen LogP contribution in [0.1, 0.15) is 20.3 Å². The van der Waals surface area contributed by atoms with Gasteiger partial charge in [-0.1, -0.05) is 0 Å². The topological polar surface area (TPSA) is 188 Å². The molecule has 0 aromatic carbocycles. The van der Waals surface area contributed by atoms with Crippen LogP contribution < -0.4 is 0 Å². The van der Waals surface area contributed by atoms with Gasteiger partial charge in [-0.2, -0.15) is 0 Å². The van der Waals surface area contributed by atoms with Gasteiger partial charge in [0.1, 0.15) is 30.5 Å². The monoisotopic (exact) mass is 478 g/mol. The van der Waals surface area contributed by atoms with Crippen LogP contribution in [0, 0.1) is 11.8 Å². The minimum absolute atomic E-state index is 0.0412. The summed E-state index contributed by atoms with van der Waals surface area (Å²) < 4.78 is 31.3. The van der Waals surface area contributed by atoms with Crippen molar-refractivity contribution in [3.05, 3.63) is 11.8 Å². The number of ether oxygens (including phenoxy) is 6. The minimum atomic E-state index is -1.74. The summed E-state index contributed by atoms with van der Waals surface area (Å²) in [4.78, 5) is 36.0. The van der Waals surface area contributed by atoms with Crippen molar-refractivity contribution in [1.29, 1.82) is 0 Å². The summed E-state index contributed by atoms with van der Waals surface area (Å²) in [5.74, 6) is -4.08. The molecule has 0 radical (unpaired) electrons. The lowest BCUT2D eigenvalue weighted by Gasteiger charge is -2.44. The van der Waals surface area contributed by atoms with E-state index in [1.807, 2.05) is 0 Å². The number of rotatable bonds is 8. The number of esters is 3. The van der Waals surface area contributed by atoms with Crippen molar-refractivity contribution >= 4 is 17.9 Å². The highest BCUT2D eigenvalue weighted by Crippen LogP contribution is 2.39. The second kappa shape index (κ2) is 11.7. The molecule has 13 nitrogen and oxygen atoms in total. The van der Waals surface area contributed by atoms with Gasteiger partial charge in [0.25, 0.3) is 0 Å². The Hall–Kier alpha value is -2.29.